The molecule has 2 N–H and O–H groups in total. The van der Waals surface area contributed by atoms with Crippen LogP contribution in [0.1, 0.15) is 20.8 Å². The molecule has 1 aromatic rings. The minimum absolute atomic E-state index is 0.0461. The summed E-state index contributed by atoms with van der Waals surface area (Å²) in [6.07, 6.45) is 0. The third-order valence-electron chi connectivity index (χ3n) is 3.21. The molecule has 0 spiro atoms. The van der Waals surface area contributed by atoms with Crippen LogP contribution in [0.15, 0.2) is 10.5 Å². The topological polar surface area (TPSA) is 79.2 Å². The molecule has 0 atom stereocenters. The van der Waals surface area contributed by atoms with Crippen molar-refractivity contribution in [2.75, 3.05) is 44.4 Å². The van der Waals surface area contributed by atoms with Gasteiger partial charge in [-0.1, -0.05) is 5.16 Å². The number of hydrogen-bond donors (Lipinski definition) is 2. The average molecular weight is 328 g/mol. The van der Waals surface area contributed by atoms with Crippen LogP contribution >= 0.6 is 11.5 Å². The van der Waals surface area contributed by atoms with Gasteiger partial charge in [0.2, 0.25) is 5.88 Å². The van der Waals surface area contributed by atoms with Crippen molar-refractivity contribution in [2.24, 2.45) is 5.16 Å². The minimum Gasteiger partial charge on any atom is -0.469 e. The standard InChI is InChI=1S/C14H24N4O3S/c1-14(2,3)15-8-11(16-19)9-21-13-12(10-22-17-13)18-4-6-20-7-5-18/h10,15,19H,4-9H2,1-3H3/b16-11-. The molecule has 124 valence electrons. The van der Waals surface area contributed by atoms with E-state index in [0.717, 1.165) is 18.8 Å². The molecule has 8 heteroatoms. The fourth-order valence-corrected chi connectivity index (χ4v) is 2.61. The van der Waals surface area contributed by atoms with Gasteiger partial charge in [0.05, 0.1) is 13.2 Å². The van der Waals surface area contributed by atoms with Crippen molar-refractivity contribution in [2.45, 2.75) is 26.3 Å². The molecule has 1 aliphatic heterocycles. The van der Waals surface area contributed by atoms with Crippen LogP contribution in [-0.4, -0.2) is 60.3 Å². The van der Waals surface area contributed by atoms with Crippen molar-refractivity contribution in [3.8, 4) is 5.88 Å². The zero-order valence-electron chi connectivity index (χ0n) is 13.3. The molecule has 0 bridgehead atoms. The van der Waals surface area contributed by atoms with Crippen LogP contribution in [0.3, 0.4) is 0 Å². The van der Waals surface area contributed by atoms with Crippen molar-refractivity contribution < 1.29 is 14.7 Å². The van der Waals surface area contributed by atoms with Gasteiger partial charge in [-0.3, -0.25) is 0 Å². The Kier molecular flexibility index (Phi) is 5.98. The van der Waals surface area contributed by atoms with Crippen LogP contribution < -0.4 is 15.0 Å². The summed E-state index contributed by atoms with van der Waals surface area (Å²) in [5.41, 5.74) is 1.47. The number of oxime groups is 1. The third kappa shape index (κ3) is 5.11. The fraction of sp³-hybridized carbons (Fsp3) is 0.714. The zero-order chi connectivity index (χ0) is 16.0. The molecular weight excluding hydrogens is 304 g/mol. The number of nitrogens with zero attached hydrogens (tertiary/aromatic N) is 3. The van der Waals surface area contributed by atoms with Gasteiger partial charge in [-0.15, -0.1) is 0 Å². The van der Waals surface area contributed by atoms with Gasteiger partial charge in [-0.2, -0.15) is 4.37 Å². The molecule has 2 heterocycles. The van der Waals surface area contributed by atoms with E-state index in [1.807, 2.05) is 5.38 Å². The van der Waals surface area contributed by atoms with Crippen LogP contribution in [0, 0.1) is 0 Å². The summed E-state index contributed by atoms with van der Waals surface area (Å²) in [4.78, 5) is 2.20. The van der Waals surface area contributed by atoms with Gasteiger partial charge in [-0.25, -0.2) is 0 Å². The van der Waals surface area contributed by atoms with E-state index < -0.39 is 0 Å². The molecule has 0 radical (unpaired) electrons. The first kappa shape index (κ1) is 17.0. The first-order valence-electron chi connectivity index (χ1n) is 7.34. The average Bonchev–Trinajstić information content (AvgIpc) is 2.96. The molecule has 0 aliphatic carbocycles. The molecular formula is C14H24N4O3S. The second kappa shape index (κ2) is 7.75. The summed E-state index contributed by atoms with van der Waals surface area (Å²) < 4.78 is 15.4. The predicted molar refractivity (Wildman–Crippen MR) is 87.6 cm³/mol. The summed E-state index contributed by atoms with van der Waals surface area (Å²) in [6, 6.07) is 0. The summed E-state index contributed by atoms with van der Waals surface area (Å²) in [7, 11) is 0. The zero-order valence-corrected chi connectivity index (χ0v) is 14.2. The molecule has 7 nitrogen and oxygen atoms in total. The van der Waals surface area contributed by atoms with E-state index >= 15 is 0 Å². The minimum atomic E-state index is -0.0461. The van der Waals surface area contributed by atoms with Gasteiger partial charge < -0.3 is 24.9 Å². The van der Waals surface area contributed by atoms with Crippen molar-refractivity contribution in [1.29, 1.82) is 0 Å². The lowest BCUT2D eigenvalue weighted by molar-refractivity contribution is 0.122. The Morgan fingerprint density at radius 3 is 2.86 bits per heavy atom. The summed E-state index contributed by atoms with van der Waals surface area (Å²) in [5, 5.41) is 17.6. The molecule has 2 rings (SSSR count). The Labute approximate surface area is 135 Å². The maximum absolute atomic E-state index is 9.09. The van der Waals surface area contributed by atoms with E-state index in [2.05, 4.69) is 40.5 Å². The molecule has 0 amide bonds. The van der Waals surface area contributed by atoms with Crippen molar-refractivity contribution in [3.05, 3.63) is 5.38 Å². The largest absolute Gasteiger partial charge is 0.469 e. The monoisotopic (exact) mass is 328 g/mol. The molecule has 0 saturated carbocycles. The Balaban J connectivity index is 1.89. The molecule has 0 aromatic carbocycles. The maximum atomic E-state index is 9.09. The number of rotatable bonds is 6. The maximum Gasteiger partial charge on any atom is 0.249 e. The second-order valence-corrected chi connectivity index (χ2v) is 6.79. The SMILES string of the molecule is CC(C)(C)NC/C(COc1nscc1N1CCOCC1)=N/O. The van der Waals surface area contributed by atoms with E-state index in [4.69, 9.17) is 14.7 Å². The molecule has 22 heavy (non-hydrogen) atoms. The van der Waals surface area contributed by atoms with Gasteiger partial charge in [0.15, 0.2) is 0 Å². The Morgan fingerprint density at radius 1 is 1.50 bits per heavy atom. The first-order valence-corrected chi connectivity index (χ1v) is 8.18. The molecule has 1 saturated heterocycles. The number of nitrogens with one attached hydrogen (secondary N) is 1. The number of hydrogen-bond acceptors (Lipinski definition) is 8. The van der Waals surface area contributed by atoms with Crippen LogP contribution in [0.2, 0.25) is 0 Å². The van der Waals surface area contributed by atoms with Gasteiger partial charge >= 0.3 is 0 Å². The quantitative estimate of drug-likeness (QED) is 0.469. The Bertz CT molecular complexity index is 493. The molecule has 1 aromatic heterocycles. The predicted octanol–water partition coefficient (Wildman–Crippen LogP) is 1.58. The van der Waals surface area contributed by atoms with Crippen LogP contribution in [0.25, 0.3) is 0 Å². The van der Waals surface area contributed by atoms with Gasteiger partial charge in [0, 0.05) is 30.6 Å². The highest BCUT2D eigenvalue weighted by molar-refractivity contribution is 7.04. The van der Waals surface area contributed by atoms with E-state index in [-0.39, 0.29) is 12.1 Å². The fourth-order valence-electron chi connectivity index (χ4n) is 1.97. The van der Waals surface area contributed by atoms with Crippen molar-refractivity contribution >= 4 is 22.9 Å². The van der Waals surface area contributed by atoms with E-state index in [1.54, 1.807) is 0 Å². The molecule has 1 fully saturated rings. The van der Waals surface area contributed by atoms with Crippen molar-refractivity contribution in [1.82, 2.24) is 9.69 Å². The number of ether oxygens (including phenoxy) is 2. The smallest absolute Gasteiger partial charge is 0.249 e. The summed E-state index contributed by atoms with van der Waals surface area (Å²) in [5.74, 6) is 0.587. The van der Waals surface area contributed by atoms with E-state index in [0.29, 0.717) is 31.4 Å². The Hall–Kier alpha value is -1.38. The second-order valence-electron chi connectivity index (χ2n) is 6.16. The highest BCUT2D eigenvalue weighted by atomic mass is 32.1. The number of anilines is 1. The van der Waals surface area contributed by atoms with Crippen LogP contribution in [0.4, 0.5) is 5.69 Å². The lowest BCUT2D eigenvalue weighted by atomic mass is 10.1. The van der Waals surface area contributed by atoms with E-state index in [1.165, 1.54) is 11.5 Å². The summed E-state index contributed by atoms with van der Waals surface area (Å²) in [6.45, 7) is 9.95. The highest BCUT2D eigenvalue weighted by Crippen LogP contribution is 2.29. The number of morpholine rings is 1. The normalized spacial score (nSPS) is 16.9. The van der Waals surface area contributed by atoms with Gasteiger partial charge in [0.25, 0.3) is 0 Å². The van der Waals surface area contributed by atoms with E-state index in [9.17, 15) is 0 Å². The lowest BCUT2D eigenvalue weighted by Gasteiger charge is -2.28. The van der Waals surface area contributed by atoms with Gasteiger partial charge in [-0.05, 0) is 32.3 Å². The molecule has 0 unspecified atom stereocenters. The first-order chi connectivity index (χ1) is 10.5. The van der Waals surface area contributed by atoms with Crippen molar-refractivity contribution in [3.63, 3.8) is 0 Å². The lowest BCUT2D eigenvalue weighted by Crippen LogP contribution is -2.40. The third-order valence-corrected chi connectivity index (χ3v) is 3.81. The van der Waals surface area contributed by atoms with Gasteiger partial charge in [0.1, 0.15) is 18.0 Å². The number of aromatic nitrogens is 1. The Morgan fingerprint density at radius 2 is 2.23 bits per heavy atom. The summed E-state index contributed by atoms with van der Waals surface area (Å²) >= 11 is 1.36. The van der Waals surface area contributed by atoms with Crippen LogP contribution in [0.5, 0.6) is 5.88 Å². The molecule has 1 aliphatic rings. The highest BCUT2D eigenvalue weighted by Gasteiger charge is 2.19. The van der Waals surface area contributed by atoms with Crippen LogP contribution in [-0.2, 0) is 4.74 Å².